The Morgan fingerprint density at radius 1 is 1.08 bits per heavy atom. The van der Waals surface area contributed by atoms with Crippen molar-refractivity contribution in [2.24, 2.45) is 40.4 Å². The van der Waals surface area contributed by atoms with Gasteiger partial charge in [-0.2, -0.15) is 0 Å². The molecule has 0 amide bonds. The molecule has 0 heterocycles. The Morgan fingerprint density at radius 3 is 2.54 bits per heavy atom. The zero-order valence-electron chi connectivity index (χ0n) is 15.5. The van der Waals surface area contributed by atoms with Gasteiger partial charge in [-0.05, 0) is 86.4 Å². The summed E-state index contributed by atoms with van der Waals surface area (Å²) >= 11 is 0. The largest absolute Gasteiger partial charge is 0.393 e. The van der Waals surface area contributed by atoms with Gasteiger partial charge in [0.2, 0.25) is 0 Å². The molecule has 0 aliphatic heterocycles. The van der Waals surface area contributed by atoms with Crippen molar-refractivity contribution in [1.82, 2.24) is 0 Å². The standard InChI is InChI=1S/C21H34O3/c1-12(22)16-6-7-17-15-5-4-13-10-14(23)8-9-20(13,2)19(15)18(24)11-21(16,17)3/h12-17,19,22-23H,4-11H2,1-3H3/t12?,13-,14?,15?,16?,17?,19?,20?,21?/m0/s1. The van der Waals surface area contributed by atoms with Gasteiger partial charge in [0.05, 0.1) is 12.2 Å². The second-order valence-electron chi connectivity index (χ2n) is 10.0. The number of rotatable bonds is 1. The van der Waals surface area contributed by atoms with Crippen molar-refractivity contribution in [2.45, 2.75) is 84.3 Å². The summed E-state index contributed by atoms with van der Waals surface area (Å²) in [5.74, 6) is 2.58. The van der Waals surface area contributed by atoms with Gasteiger partial charge >= 0.3 is 0 Å². The van der Waals surface area contributed by atoms with Gasteiger partial charge in [0, 0.05) is 12.3 Å². The molecule has 136 valence electrons. The fourth-order valence-electron chi connectivity index (χ4n) is 7.88. The fourth-order valence-corrected chi connectivity index (χ4v) is 7.88. The van der Waals surface area contributed by atoms with E-state index in [-0.39, 0.29) is 34.9 Å². The highest BCUT2D eigenvalue weighted by molar-refractivity contribution is 5.84. The van der Waals surface area contributed by atoms with E-state index < -0.39 is 0 Å². The van der Waals surface area contributed by atoms with Crippen molar-refractivity contribution in [1.29, 1.82) is 0 Å². The van der Waals surface area contributed by atoms with Crippen molar-refractivity contribution >= 4 is 5.78 Å². The fraction of sp³-hybridized carbons (Fsp3) is 0.952. The number of ketones is 1. The first kappa shape index (κ1) is 17.0. The average Bonchev–Trinajstić information content (AvgIpc) is 2.84. The number of hydrogen-bond acceptors (Lipinski definition) is 3. The third-order valence-electron chi connectivity index (χ3n) is 8.98. The lowest BCUT2D eigenvalue weighted by atomic mass is 9.44. The highest BCUT2D eigenvalue weighted by atomic mass is 16.3. The first-order valence-electron chi connectivity index (χ1n) is 10.2. The molecular weight excluding hydrogens is 300 g/mol. The van der Waals surface area contributed by atoms with Crippen molar-refractivity contribution in [3.8, 4) is 0 Å². The molecule has 24 heavy (non-hydrogen) atoms. The molecule has 9 atom stereocenters. The van der Waals surface area contributed by atoms with Crippen LogP contribution in [0.4, 0.5) is 0 Å². The third kappa shape index (κ3) is 2.19. The van der Waals surface area contributed by atoms with Crippen molar-refractivity contribution < 1.29 is 15.0 Å². The number of carbonyl (C=O) groups is 1. The van der Waals surface area contributed by atoms with Crippen LogP contribution in [-0.4, -0.2) is 28.2 Å². The second-order valence-corrected chi connectivity index (χ2v) is 10.0. The quantitative estimate of drug-likeness (QED) is 0.771. The van der Waals surface area contributed by atoms with Crippen molar-refractivity contribution in [2.75, 3.05) is 0 Å². The Bertz CT molecular complexity index is 529. The van der Waals surface area contributed by atoms with Crippen LogP contribution in [0.1, 0.15) is 72.1 Å². The predicted molar refractivity (Wildman–Crippen MR) is 93.3 cm³/mol. The first-order valence-corrected chi connectivity index (χ1v) is 10.2. The van der Waals surface area contributed by atoms with Gasteiger partial charge in [-0.25, -0.2) is 0 Å². The van der Waals surface area contributed by atoms with Gasteiger partial charge in [0.25, 0.3) is 0 Å². The maximum Gasteiger partial charge on any atom is 0.137 e. The minimum atomic E-state index is -0.305. The highest BCUT2D eigenvalue weighted by Gasteiger charge is 2.63. The van der Waals surface area contributed by atoms with Crippen LogP contribution in [-0.2, 0) is 4.79 Å². The van der Waals surface area contributed by atoms with E-state index in [4.69, 9.17) is 0 Å². The van der Waals surface area contributed by atoms with E-state index in [1.54, 1.807) is 0 Å². The lowest BCUT2D eigenvalue weighted by molar-refractivity contribution is -0.163. The van der Waals surface area contributed by atoms with Crippen LogP contribution < -0.4 is 0 Å². The van der Waals surface area contributed by atoms with Crippen LogP contribution in [0.5, 0.6) is 0 Å². The molecule has 4 saturated carbocycles. The van der Waals surface area contributed by atoms with E-state index in [0.29, 0.717) is 30.0 Å². The summed E-state index contributed by atoms with van der Waals surface area (Å²) in [6, 6.07) is 0. The topological polar surface area (TPSA) is 57.5 Å². The summed E-state index contributed by atoms with van der Waals surface area (Å²) in [7, 11) is 0. The molecule has 3 heteroatoms. The lowest BCUT2D eigenvalue weighted by Crippen LogP contribution is -2.58. The van der Waals surface area contributed by atoms with Crippen LogP contribution in [0.15, 0.2) is 0 Å². The van der Waals surface area contributed by atoms with Gasteiger partial charge in [0.15, 0.2) is 0 Å². The number of aliphatic hydroxyl groups excluding tert-OH is 2. The molecule has 0 aromatic heterocycles. The van der Waals surface area contributed by atoms with E-state index in [1.165, 1.54) is 12.8 Å². The van der Waals surface area contributed by atoms with E-state index in [2.05, 4.69) is 13.8 Å². The zero-order valence-corrected chi connectivity index (χ0v) is 15.5. The Kier molecular flexibility index (Phi) is 3.93. The van der Waals surface area contributed by atoms with Crippen LogP contribution in [0.3, 0.4) is 0 Å². The van der Waals surface area contributed by atoms with Crippen molar-refractivity contribution in [3.05, 3.63) is 0 Å². The van der Waals surface area contributed by atoms with Gasteiger partial charge in [-0.3, -0.25) is 4.79 Å². The number of hydrogen-bond donors (Lipinski definition) is 2. The minimum Gasteiger partial charge on any atom is -0.393 e. The number of Topliss-reactive ketones (excluding diaryl/α,β-unsaturated/α-hetero) is 1. The summed E-state index contributed by atoms with van der Waals surface area (Å²) in [6.45, 7) is 6.55. The third-order valence-corrected chi connectivity index (χ3v) is 8.98. The van der Waals surface area contributed by atoms with Gasteiger partial charge < -0.3 is 10.2 Å². The van der Waals surface area contributed by atoms with E-state index >= 15 is 0 Å². The Balaban J connectivity index is 1.67. The molecule has 0 spiro atoms. The molecule has 4 rings (SSSR count). The molecule has 4 aliphatic rings. The summed E-state index contributed by atoms with van der Waals surface area (Å²) in [4.78, 5) is 13.3. The summed E-state index contributed by atoms with van der Waals surface area (Å²) in [5, 5.41) is 20.4. The monoisotopic (exact) mass is 334 g/mol. The number of carbonyl (C=O) groups excluding carboxylic acids is 1. The number of fused-ring (bicyclic) bond motifs is 5. The zero-order chi connectivity index (χ0) is 17.3. The van der Waals surface area contributed by atoms with Crippen LogP contribution >= 0.6 is 0 Å². The molecule has 0 saturated heterocycles. The lowest BCUT2D eigenvalue weighted by Gasteiger charge is -2.60. The molecule has 3 nitrogen and oxygen atoms in total. The molecule has 4 aliphatic carbocycles. The molecule has 2 N–H and O–H groups in total. The van der Waals surface area contributed by atoms with Crippen LogP contribution in [0.25, 0.3) is 0 Å². The predicted octanol–water partition coefficient (Wildman–Crippen LogP) is 3.57. The molecule has 0 radical (unpaired) electrons. The number of aliphatic hydroxyl groups is 2. The van der Waals surface area contributed by atoms with E-state index in [1.807, 2.05) is 6.92 Å². The van der Waals surface area contributed by atoms with Crippen LogP contribution in [0.2, 0.25) is 0 Å². The molecule has 4 fully saturated rings. The highest BCUT2D eigenvalue weighted by Crippen LogP contribution is 2.66. The van der Waals surface area contributed by atoms with Crippen molar-refractivity contribution in [3.63, 3.8) is 0 Å². The SMILES string of the molecule is CC(O)C1CCC2C3CC[C@H]4CC(O)CCC4(C)C3C(=O)CC12C. The summed E-state index contributed by atoms with van der Waals surface area (Å²) in [5.41, 5.74) is 0.104. The molecular formula is C21H34O3. The van der Waals surface area contributed by atoms with Gasteiger partial charge in [-0.1, -0.05) is 13.8 Å². The minimum absolute atomic E-state index is 0.00376. The van der Waals surface area contributed by atoms with Crippen LogP contribution in [0, 0.1) is 40.4 Å². The molecule has 0 aromatic carbocycles. The molecule has 0 aromatic rings. The maximum absolute atomic E-state index is 13.3. The Hall–Kier alpha value is -0.410. The smallest absolute Gasteiger partial charge is 0.137 e. The summed E-state index contributed by atoms with van der Waals surface area (Å²) in [6.07, 6.45) is 7.56. The second kappa shape index (κ2) is 5.54. The average molecular weight is 335 g/mol. The Labute approximate surface area is 146 Å². The molecule has 0 bridgehead atoms. The van der Waals surface area contributed by atoms with E-state index in [0.717, 1.165) is 32.1 Å². The van der Waals surface area contributed by atoms with Gasteiger partial charge in [0.1, 0.15) is 5.78 Å². The Morgan fingerprint density at radius 2 is 1.83 bits per heavy atom. The normalized spacial score (nSPS) is 55.5. The maximum atomic E-state index is 13.3. The van der Waals surface area contributed by atoms with Gasteiger partial charge in [-0.15, -0.1) is 0 Å². The van der Waals surface area contributed by atoms with E-state index in [9.17, 15) is 15.0 Å². The first-order chi connectivity index (χ1) is 11.3. The summed E-state index contributed by atoms with van der Waals surface area (Å²) < 4.78 is 0. The molecule has 8 unspecified atom stereocenters.